The molecule has 2 N–H and O–H groups in total. The van der Waals surface area contributed by atoms with Crippen LogP contribution in [0.2, 0.25) is 0 Å². The smallest absolute Gasteiger partial charge is 0.303 e. The molecule has 4 rings (SSSR count). The standard InChI is InChI=1S/C24H27N3O5/c1-16-20(13-23(28)29)12-19-6-7-21(14-22(19)32-16)26-24(30)18-4-2-17(3-5-18)15-25-27-8-10-31-11-9-27/h2-7,14-16,20H,8-13H2,1H3,(H,26,30)(H,28,29). The molecule has 2 aromatic rings. The Morgan fingerprint density at radius 2 is 1.94 bits per heavy atom. The van der Waals surface area contributed by atoms with E-state index in [0.717, 1.165) is 24.2 Å². The maximum atomic E-state index is 12.7. The molecule has 8 heteroatoms. The van der Waals surface area contributed by atoms with Crippen LogP contribution in [0.1, 0.15) is 34.8 Å². The number of carboxylic acids is 1. The van der Waals surface area contributed by atoms with Crippen LogP contribution in [-0.4, -0.2) is 60.6 Å². The first kappa shape index (κ1) is 21.8. The van der Waals surface area contributed by atoms with Crippen molar-refractivity contribution in [2.75, 3.05) is 31.6 Å². The van der Waals surface area contributed by atoms with E-state index in [1.165, 1.54) is 0 Å². The largest absolute Gasteiger partial charge is 0.490 e. The van der Waals surface area contributed by atoms with Crippen LogP contribution in [0.3, 0.4) is 0 Å². The molecule has 0 bridgehead atoms. The fraction of sp³-hybridized carbons (Fsp3) is 0.375. The number of carbonyl (C=O) groups excluding carboxylic acids is 1. The Hall–Kier alpha value is -3.39. The molecule has 8 nitrogen and oxygen atoms in total. The number of hydrogen-bond donors (Lipinski definition) is 2. The number of nitrogens with one attached hydrogen (secondary N) is 1. The van der Waals surface area contributed by atoms with Gasteiger partial charge in [0.15, 0.2) is 0 Å². The third kappa shape index (κ3) is 5.45. The quantitative estimate of drug-likeness (QED) is 0.674. The zero-order valence-electron chi connectivity index (χ0n) is 18.0. The van der Waals surface area contributed by atoms with Gasteiger partial charge < -0.3 is 19.9 Å². The maximum Gasteiger partial charge on any atom is 0.303 e. The van der Waals surface area contributed by atoms with Gasteiger partial charge in [-0.2, -0.15) is 5.10 Å². The third-order valence-electron chi connectivity index (χ3n) is 5.75. The fourth-order valence-corrected chi connectivity index (χ4v) is 3.86. The predicted octanol–water partition coefficient (Wildman–Crippen LogP) is 3.02. The van der Waals surface area contributed by atoms with Crippen molar-refractivity contribution in [3.8, 4) is 5.75 Å². The van der Waals surface area contributed by atoms with Crippen molar-refractivity contribution >= 4 is 23.8 Å². The lowest BCUT2D eigenvalue weighted by molar-refractivity contribution is -0.139. The number of morpholine rings is 1. The summed E-state index contributed by atoms with van der Waals surface area (Å²) in [5.41, 5.74) is 3.05. The molecule has 168 valence electrons. The highest BCUT2D eigenvalue weighted by Gasteiger charge is 2.28. The van der Waals surface area contributed by atoms with Crippen molar-refractivity contribution in [1.82, 2.24) is 5.01 Å². The number of hydrazone groups is 1. The molecule has 2 heterocycles. The van der Waals surface area contributed by atoms with Crippen LogP contribution in [-0.2, 0) is 16.0 Å². The van der Waals surface area contributed by atoms with Crippen LogP contribution in [0.5, 0.6) is 5.75 Å². The lowest BCUT2D eigenvalue weighted by Crippen LogP contribution is -2.32. The van der Waals surface area contributed by atoms with Crippen LogP contribution in [0.4, 0.5) is 5.69 Å². The topological polar surface area (TPSA) is 100 Å². The van der Waals surface area contributed by atoms with Gasteiger partial charge in [-0.25, -0.2) is 0 Å². The number of ether oxygens (including phenoxy) is 2. The van der Waals surface area contributed by atoms with Crippen LogP contribution >= 0.6 is 0 Å². The highest BCUT2D eigenvalue weighted by atomic mass is 16.5. The molecule has 2 atom stereocenters. The lowest BCUT2D eigenvalue weighted by atomic mass is 9.89. The third-order valence-corrected chi connectivity index (χ3v) is 5.75. The predicted molar refractivity (Wildman–Crippen MR) is 120 cm³/mol. The summed E-state index contributed by atoms with van der Waals surface area (Å²) in [5, 5.41) is 18.4. The SMILES string of the molecule is CC1Oc2cc(NC(=O)c3ccc(C=NN4CCOCC4)cc3)ccc2CC1CC(=O)O. The zero-order valence-corrected chi connectivity index (χ0v) is 18.0. The van der Waals surface area contributed by atoms with Crippen molar-refractivity contribution < 1.29 is 24.2 Å². The lowest BCUT2D eigenvalue weighted by Gasteiger charge is -2.31. The van der Waals surface area contributed by atoms with Crippen LogP contribution in [0.15, 0.2) is 47.6 Å². The molecule has 0 aliphatic carbocycles. The molecule has 0 saturated carbocycles. The number of carbonyl (C=O) groups is 2. The second-order valence-electron chi connectivity index (χ2n) is 8.09. The van der Waals surface area contributed by atoms with Gasteiger partial charge in [-0.1, -0.05) is 18.2 Å². The van der Waals surface area contributed by atoms with Gasteiger partial charge in [-0.3, -0.25) is 14.6 Å². The number of aliphatic carboxylic acids is 1. The average Bonchev–Trinajstić information content (AvgIpc) is 2.79. The van der Waals surface area contributed by atoms with Crippen molar-refractivity contribution in [3.63, 3.8) is 0 Å². The summed E-state index contributed by atoms with van der Waals surface area (Å²) in [4.78, 5) is 23.7. The maximum absolute atomic E-state index is 12.7. The van der Waals surface area contributed by atoms with Gasteiger partial charge in [0, 0.05) is 23.2 Å². The summed E-state index contributed by atoms with van der Waals surface area (Å²) >= 11 is 0. The van der Waals surface area contributed by atoms with E-state index in [-0.39, 0.29) is 24.3 Å². The van der Waals surface area contributed by atoms with E-state index >= 15 is 0 Å². The minimum atomic E-state index is -0.823. The first-order valence-corrected chi connectivity index (χ1v) is 10.8. The molecule has 1 fully saturated rings. The number of hydrogen-bond acceptors (Lipinski definition) is 6. The van der Waals surface area contributed by atoms with Gasteiger partial charge in [-0.05, 0) is 42.7 Å². The van der Waals surface area contributed by atoms with Crippen LogP contribution in [0.25, 0.3) is 0 Å². The number of benzene rings is 2. The number of rotatable bonds is 6. The number of amides is 1. The van der Waals surface area contributed by atoms with Crippen molar-refractivity contribution in [2.45, 2.75) is 25.9 Å². The van der Waals surface area contributed by atoms with E-state index in [0.29, 0.717) is 36.6 Å². The number of fused-ring (bicyclic) bond motifs is 1. The van der Waals surface area contributed by atoms with E-state index in [9.17, 15) is 9.59 Å². The first-order chi connectivity index (χ1) is 15.5. The highest BCUT2D eigenvalue weighted by Crippen LogP contribution is 2.34. The first-order valence-electron chi connectivity index (χ1n) is 10.8. The molecule has 0 radical (unpaired) electrons. The van der Waals surface area contributed by atoms with Gasteiger partial charge >= 0.3 is 5.97 Å². The Labute approximate surface area is 186 Å². The van der Waals surface area contributed by atoms with E-state index < -0.39 is 5.97 Å². The second kappa shape index (κ2) is 9.82. The molecule has 1 amide bonds. The number of nitrogens with zero attached hydrogens (tertiary/aromatic N) is 2. The van der Waals surface area contributed by atoms with Crippen LogP contribution < -0.4 is 10.1 Å². The average molecular weight is 437 g/mol. The van der Waals surface area contributed by atoms with Crippen molar-refractivity contribution in [1.29, 1.82) is 0 Å². The number of anilines is 1. The van der Waals surface area contributed by atoms with Gasteiger partial charge in [0.2, 0.25) is 0 Å². The van der Waals surface area contributed by atoms with Crippen LogP contribution in [0, 0.1) is 5.92 Å². The molecule has 2 aromatic carbocycles. The summed E-state index contributed by atoms with van der Waals surface area (Å²) in [7, 11) is 0. The molecule has 0 aromatic heterocycles. The molecule has 2 aliphatic heterocycles. The zero-order chi connectivity index (χ0) is 22.5. The fourth-order valence-electron chi connectivity index (χ4n) is 3.86. The highest BCUT2D eigenvalue weighted by molar-refractivity contribution is 6.04. The van der Waals surface area contributed by atoms with Gasteiger partial charge in [0.05, 0.1) is 45.0 Å². The molecule has 2 aliphatic rings. The second-order valence-corrected chi connectivity index (χ2v) is 8.09. The molecule has 0 spiro atoms. The molecule has 2 unspecified atom stereocenters. The summed E-state index contributed by atoms with van der Waals surface area (Å²) in [6, 6.07) is 12.8. The van der Waals surface area contributed by atoms with Crippen molar-refractivity contribution in [2.24, 2.45) is 11.0 Å². The van der Waals surface area contributed by atoms with Gasteiger partial charge in [0.25, 0.3) is 5.91 Å². The van der Waals surface area contributed by atoms with Gasteiger partial charge in [0.1, 0.15) is 5.75 Å². The summed E-state index contributed by atoms with van der Waals surface area (Å²) in [6.07, 6.45) is 2.31. The Morgan fingerprint density at radius 3 is 2.66 bits per heavy atom. The van der Waals surface area contributed by atoms with E-state index in [1.54, 1.807) is 24.4 Å². The van der Waals surface area contributed by atoms with E-state index in [2.05, 4.69) is 10.4 Å². The minimum Gasteiger partial charge on any atom is -0.490 e. The normalized spacial score (nSPS) is 20.5. The Morgan fingerprint density at radius 1 is 1.19 bits per heavy atom. The Balaban J connectivity index is 1.37. The Kier molecular flexibility index (Phi) is 6.70. The van der Waals surface area contributed by atoms with Crippen molar-refractivity contribution in [3.05, 3.63) is 59.2 Å². The van der Waals surface area contributed by atoms with E-state index in [4.69, 9.17) is 14.6 Å². The van der Waals surface area contributed by atoms with E-state index in [1.807, 2.05) is 36.2 Å². The molecule has 32 heavy (non-hydrogen) atoms. The summed E-state index contributed by atoms with van der Waals surface area (Å²) < 4.78 is 11.2. The van der Waals surface area contributed by atoms with Gasteiger partial charge in [-0.15, -0.1) is 0 Å². The molecular weight excluding hydrogens is 410 g/mol. The molecular formula is C24H27N3O5. The Bertz CT molecular complexity index is 999. The minimum absolute atomic E-state index is 0.0641. The molecule has 1 saturated heterocycles. The number of carboxylic acid groups (broad SMARTS) is 1. The monoisotopic (exact) mass is 437 g/mol. The summed E-state index contributed by atoms with van der Waals surface area (Å²) in [5.74, 6) is -0.414. The summed E-state index contributed by atoms with van der Waals surface area (Å²) in [6.45, 7) is 4.81.